The van der Waals surface area contributed by atoms with Gasteiger partial charge in [-0.05, 0) is 39.7 Å². The Morgan fingerprint density at radius 2 is 1.76 bits per heavy atom. The molecular formula is C19H28O6. The van der Waals surface area contributed by atoms with Crippen LogP contribution in [0.1, 0.15) is 48.0 Å². The summed E-state index contributed by atoms with van der Waals surface area (Å²) in [6.07, 6.45) is 3.76. The first-order valence-corrected chi connectivity index (χ1v) is 8.67. The lowest BCUT2D eigenvalue weighted by atomic mass is 9.89. The molecule has 0 amide bonds. The summed E-state index contributed by atoms with van der Waals surface area (Å²) < 4.78 is 23.4. The van der Waals surface area contributed by atoms with Crippen LogP contribution < -0.4 is 0 Å². The fraction of sp³-hybridized carbons (Fsp3) is 0.684. The van der Waals surface area contributed by atoms with Crippen molar-refractivity contribution >= 4 is 11.9 Å². The van der Waals surface area contributed by atoms with Crippen LogP contribution >= 0.6 is 0 Å². The molecule has 0 saturated carbocycles. The molecule has 1 unspecified atom stereocenters. The monoisotopic (exact) mass is 352 g/mol. The maximum Gasteiger partial charge on any atom is 0.303 e. The average molecular weight is 352 g/mol. The van der Waals surface area contributed by atoms with Gasteiger partial charge in [0.15, 0.2) is 6.10 Å². The van der Waals surface area contributed by atoms with E-state index in [1.165, 1.54) is 13.8 Å². The van der Waals surface area contributed by atoms with Crippen molar-refractivity contribution in [1.29, 1.82) is 0 Å². The summed E-state index contributed by atoms with van der Waals surface area (Å²) in [6.45, 7) is 10.6. The highest BCUT2D eigenvalue weighted by Crippen LogP contribution is 2.43. The van der Waals surface area contributed by atoms with Crippen molar-refractivity contribution in [1.82, 2.24) is 0 Å². The van der Waals surface area contributed by atoms with Gasteiger partial charge in [0, 0.05) is 13.8 Å². The number of hydrogen-bond donors (Lipinski definition) is 0. The molecule has 1 aliphatic heterocycles. The van der Waals surface area contributed by atoms with E-state index in [-0.39, 0.29) is 24.8 Å². The third kappa shape index (κ3) is 4.50. The SMILES string of the molecule is CC(=O)OC[C@H]1C=C(C)C=C(C)[C@@H](OC(C)=O)C12O[C@H](C)C[C@H](C)O2. The molecule has 1 saturated heterocycles. The van der Waals surface area contributed by atoms with Crippen LogP contribution in [-0.4, -0.2) is 42.6 Å². The highest BCUT2D eigenvalue weighted by molar-refractivity contribution is 5.67. The summed E-state index contributed by atoms with van der Waals surface area (Å²) in [5.74, 6) is -2.42. The Bertz CT molecular complexity index is 581. The van der Waals surface area contributed by atoms with Crippen LogP contribution in [0.25, 0.3) is 0 Å². The molecule has 140 valence electrons. The number of carbonyl (C=O) groups excluding carboxylic acids is 2. The molecule has 6 heteroatoms. The van der Waals surface area contributed by atoms with Crippen molar-refractivity contribution in [3.05, 3.63) is 23.3 Å². The fourth-order valence-corrected chi connectivity index (χ4v) is 3.66. The standard InChI is InChI=1S/C19H28O6/c1-11-7-12(2)18(23-16(6)21)19(17(8-11)10-22-15(5)20)24-13(3)9-14(4)25-19/h7-8,13-14,17-18H,9-10H2,1-6H3/t13-,14+,17-,18-,19?/m1/s1. The van der Waals surface area contributed by atoms with Crippen molar-refractivity contribution in [3.63, 3.8) is 0 Å². The Morgan fingerprint density at radius 3 is 2.28 bits per heavy atom. The van der Waals surface area contributed by atoms with Crippen LogP contribution in [-0.2, 0) is 28.5 Å². The van der Waals surface area contributed by atoms with E-state index >= 15 is 0 Å². The largest absolute Gasteiger partial charge is 0.465 e. The molecule has 2 rings (SSSR count). The van der Waals surface area contributed by atoms with E-state index in [0.29, 0.717) is 0 Å². The lowest BCUT2D eigenvalue weighted by Crippen LogP contribution is -2.61. The molecule has 1 heterocycles. The van der Waals surface area contributed by atoms with Gasteiger partial charge in [0.1, 0.15) is 6.61 Å². The molecule has 0 aromatic heterocycles. The summed E-state index contributed by atoms with van der Waals surface area (Å²) in [5, 5.41) is 0. The van der Waals surface area contributed by atoms with Crippen LogP contribution in [0.4, 0.5) is 0 Å². The van der Waals surface area contributed by atoms with E-state index in [1.54, 1.807) is 0 Å². The predicted molar refractivity (Wildman–Crippen MR) is 91.6 cm³/mol. The van der Waals surface area contributed by atoms with E-state index < -0.39 is 23.8 Å². The van der Waals surface area contributed by atoms with E-state index in [1.807, 2.05) is 39.8 Å². The second-order valence-electron chi connectivity index (χ2n) is 7.01. The van der Waals surface area contributed by atoms with Crippen LogP contribution in [0.5, 0.6) is 0 Å². The zero-order valence-electron chi connectivity index (χ0n) is 15.8. The zero-order chi connectivity index (χ0) is 18.8. The summed E-state index contributed by atoms with van der Waals surface area (Å²) in [4.78, 5) is 23.1. The van der Waals surface area contributed by atoms with Gasteiger partial charge in [0.2, 0.25) is 5.79 Å². The summed E-state index contributed by atoms with van der Waals surface area (Å²) in [7, 11) is 0. The van der Waals surface area contributed by atoms with Gasteiger partial charge in [-0.15, -0.1) is 0 Å². The molecule has 6 nitrogen and oxygen atoms in total. The quantitative estimate of drug-likeness (QED) is 0.727. The number of rotatable bonds is 3. The minimum absolute atomic E-state index is 0.0822. The number of esters is 2. The first-order chi connectivity index (χ1) is 11.6. The number of ether oxygens (including phenoxy) is 4. The second kappa shape index (κ2) is 7.70. The molecule has 5 atom stereocenters. The van der Waals surface area contributed by atoms with Crippen molar-refractivity contribution in [2.75, 3.05) is 6.61 Å². The van der Waals surface area contributed by atoms with Gasteiger partial charge in [-0.2, -0.15) is 0 Å². The Morgan fingerprint density at radius 1 is 1.16 bits per heavy atom. The Labute approximate surface area is 149 Å². The average Bonchev–Trinajstić information content (AvgIpc) is 2.54. The number of carbonyl (C=O) groups is 2. The van der Waals surface area contributed by atoms with Gasteiger partial charge >= 0.3 is 11.9 Å². The second-order valence-corrected chi connectivity index (χ2v) is 7.01. The van der Waals surface area contributed by atoms with Gasteiger partial charge in [0.05, 0.1) is 18.1 Å². The lowest BCUT2D eigenvalue weighted by molar-refractivity contribution is -0.358. The minimum Gasteiger partial charge on any atom is -0.465 e. The molecule has 0 aromatic rings. The van der Waals surface area contributed by atoms with Gasteiger partial charge < -0.3 is 18.9 Å². The summed E-state index contributed by atoms with van der Waals surface area (Å²) in [5.41, 5.74) is 1.80. The molecule has 0 aromatic carbocycles. The van der Waals surface area contributed by atoms with Crippen LogP contribution in [0.3, 0.4) is 0 Å². The normalized spacial score (nSPS) is 35.4. The topological polar surface area (TPSA) is 71.1 Å². The van der Waals surface area contributed by atoms with Gasteiger partial charge in [0.25, 0.3) is 0 Å². The molecule has 0 radical (unpaired) electrons. The Kier molecular flexibility index (Phi) is 6.06. The van der Waals surface area contributed by atoms with Crippen molar-refractivity contribution in [3.8, 4) is 0 Å². The summed E-state index contributed by atoms with van der Waals surface area (Å²) in [6, 6.07) is 0. The highest BCUT2D eigenvalue weighted by atomic mass is 16.7. The van der Waals surface area contributed by atoms with E-state index in [2.05, 4.69) is 0 Å². The zero-order valence-corrected chi connectivity index (χ0v) is 15.8. The van der Waals surface area contributed by atoms with Gasteiger partial charge in [-0.25, -0.2) is 0 Å². The van der Waals surface area contributed by atoms with Crippen LogP contribution in [0, 0.1) is 5.92 Å². The van der Waals surface area contributed by atoms with Crippen LogP contribution in [0.15, 0.2) is 23.3 Å². The summed E-state index contributed by atoms with van der Waals surface area (Å²) >= 11 is 0. The van der Waals surface area contributed by atoms with Gasteiger partial charge in [-0.1, -0.05) is 17.7 Å². The van der Waals surface area contributed by atoms with Crippen molar-refractivity contribution in [2.24, 2.45) is 5.92 Å². The lowest BCUT2D eigenvalue weighted by Gasteiger charge is -2.49. The predicted octanol–water partition coefficient (Wildman–Crippen LogP) is 2.91. The molecule has 0 N–H and O–H groups in total. The van der Waals surface area contributed by atoms with Gasteiger partial charge in [-0.3, -0.25) is 9.59 Å². The third-order valence-electron chi connectivity index (χ3n) is 4.40. The third-order valence-corrected chi connectivity index (χ3v) is 4.40. The first kappa shape index (κ1) is 19.7. The molecule has 2 aliphatic rings. The molecule has 0 bridgehead atoms. The van der Waals surface area contributed by atoms with E-state index in [0.717, 1.165) is 17.6 Å². The van der Waals surface area contributed by atoms with Crippen LogP contribution in [0.2, 0.25) is 0 Å². The fourth-order valence-electron chi connectivity index (χ4n) is 3.66. The molecule has 25 heavy (non-hydrogen) atoms. The smallest absolute Gasteiger partial charge is 0.303 e. The molecule has 1 spiro atoms. The molecule has 1 aliphatic carbocycles. The number of allylic oxidation sites excluding steroid dienone is 2. The van der Waals surface area contributed by atoms with Crippen molar-refractivity contribution in [2.45, 2.75) is 72.1 Å². The van der Waals surface area contributed by atoms with E-state index in [9.17, 15) is 9.59 Å². The highest BCUT2D eigenvalue weighted by Gasteiger charge is 2.55. The Balaban J connectivity index is 2.52. The number of hydrogen-bond acceptors (Lipinski definition) is 6. The first-order valence-electron chi connectivity index (χ1n) is 8.67. The van der Waals surface area contributed by atoms with E-state index in [4.69, 9.17) is 18.9 Å². The molecular weight excluding hydrogens is 324 g/mol. The molecule has 1 fully saturated rings. The maximum absolute atomic E-state index is 11.8. The Hall–Kier alpha value is -1.66. The minimum atomic E-state index is -1.23. The maximum atomic E-state index is 11.8. The van der Waals surface area contributed by atoms with Crippen molar-refractivity contribution < 1.29 is 28.5 Å².